The fourth-order valence-electron chi connectivity index (χ4n) is 2.04. The van der Waals surface area contributed by atoms with Crippen molar-refractivity contribution in [3.8, 4) is 0 Å². The molecular weight excluding hydrogens is 244 g/mol. The lowest BCUT2D eigenvalue weighted by molar-refractivity contribution is -0.384. The molecule has 1 unspecified atom stereocenters. The highest BCUT2D eigenvalue weighted by Crippen LogP contribution is 2.21. The molecule has 0 radical (unpaired) electrons. The van der Waals surface area contributed by atoms with Gasteiger partial charge in [0.1, 0.15) is 0 Å². The van der Waals surface area contributed by atoms with Crippen LogP contribution in [0.5, 0.6) is 0 Å². The lowest BCUT2D eigenvalue weighted by atomic mass is 10.0. The van der Waals surface area contributed by atoms with Gasteiger partial charge >= 0.3 is 0 Å². The van der Waals surface area contributed by atoms with Crippen molar-refractivity contribution < 1.29 is 10.0 Å². The highest BCUT2D eigenvalue weighted by Gasteiger charge is 2.12. The van der Waals surface area contributed by atoms with Crippen molar-refractivity contribution in [2.45, 2.75) is 38.6 Å². The molecule has 1 rings (SSSR count). The van der Waals surface area contributed by atoms with E-state index < -0.39 is 0 Å². The number of aliphatic hydroxyl groups excluding tert-OH is 1. The molecule has 5 heteroatoms. The van der Waals surface area contributed by atoms with Gasteiger partial charge in [-0.1, -0.05) is 19.1 Å². The maximum atomic E-state index is 10.8. The summed E-state index contributed by atoms with van der Waals surface area (Å²) in [5, 5.41) is 22.9. The lowest BCUT2D eigenvalue weighted by Crippen LogP contribution is -2.22. The van der Waals surface area contributed by atoms with E-state index in [0.717, 1.165) is 37.8 Å². The van der Waals surface area contributed by atoms with Crippen LogP contribution in [0.15, 0.2) is 24.3 Å². The van der Waals surface area contributed by atoms with Gasteiger partial charge < -0.3 is 10.4 Å². The van der Waals surface area contributed by atoms with E-state index in [9.17, 15) is 10.1 Å². The summed E-state index contributed by atoms with van der Waals surface area (Å²) in [6.07, 6.45) is 3.72. The lowest BCUT2D eigenvalue weighted by Gasteiger charge is -2.17. The third-order valence-corrected chi connectivity index (χ3v) is 3.12. The number of hydrogen-bond acceptors (Lipinski definition) is 4. The van der Waals surface area contributed by atoms with Gasteiger partial charge in [-0.05, 0) is 37.8 Å². The Labute approximate surface area is 113 Å². The van der Waals surface area contributed by atoms with E-state index in [2.05, 4.69) is 12.2 Å². The highest BCUT2D eigenvalue weighted by atomic mass is 16.6. The zero-order chi connectivity index (χ0) is 14.1. The molecule has 0 aromatic heterocycles. The predicted molar refractivity (Wildman–Crippen MR) is 75.1 cm³/mol. The minimum Gasteiger partial charge on any atom is -0.396 e. The van der Waals surface area contributed by atoms with Gasteiger partial charge in [0.05, 0.1) is 4.92 Å². The smallest absolute Gasteiger partial charge is 0.269 e. The molecule has 0 fully saturated rings. The second-order valence-electron chi connectivity index (χ2n) is 4.55. The Morgan fingerprint density at radius 2 is 2.16 bits per heavy atom. The van der Waals surface area contributed by atoms with Crippen LogP contribution in [0.3, 0.4) is 0 Å². The molecule has 1 aromatic carbocycles. The quantitative estimate of drug-likeness (QED) is 0.409. The summed E-state index contributed by atoms with van der Waals surface area (Å²) in [7, 11) is 0. The Hall–Kier alpha value is -1.46. The number of non-ortho nitro benzene ring substituents is 1. The van der Waals surface area contributed by atoms with E-state index in [0.29, 0.717) is 0 Å². The first-order valence-electron chi connectivity index (χ1n) is 6.77. The molecule has 2 N–H and O–H groups in total. The Kier molecular flexibility index (Phi) is 7.07. The van der Waals surface area contributed by atoms with Gasteiger partial charge in [-0.3, -0.25) is 10.1 Å². The van der Waals surface area contributed by atoms with Crippen molar-refractivity contribution in [1.82, 2.24) is 5.32 Å². The van der Waals surface area contributed by atoms with Crippen LogP contribution in [0.2, 0.25) is 0 Å². The van der Waals surface area contributed by atoms with Crippen LogP contribution in [-0.2, 0) is 0 Å². The summed E-state index contributed by atoms with van der Waals surface area (Å²) < 4.78 is 0. The van der Waals surface area contributed by atoms with Crippen LogP contribution in [0.1, 0.15) is 44.2 Å². The molecule has 0 saturated heterocycles. The number of nitro benzene ring substituents is 1. The fraction of sp³-hybridized carbons (Fsp3) is 0.571. The summed E-state index contributed by atoms with van der Waals surface area (Å²) >= 11 is 0. The van der Waals surface area contributed by atoms with E-state index in [-0.39, 0.29) is 23.3 Å². The van der Waals surface area contributed by atoms with Gasteiger partial charge in [-0.25, -0.2) is 0 Å². The molecule has 0 spiro atoms. The van der Waals surface area contributed by atoms with Crippen LogP contribution in [0, 0.1) is 10.1 Å². The van der Waals surface area contributed by atoms with Crippen molar-refractivity contribution in [2.24, 2.45) is 0 Å². The number of rotatable bonds is 9. The number of benzene rings is 1. The van der Waals surface area contributed by atoms with Crippen molar-refractivity contribution in [3.05, 3.63) is 39.9 Å². The van der Waals surface area contributed by atoms with Gasteiger partial charge in [0.2, 0.25) is 0 Å². The van der Waals surface area contributed by atoms with E-state index in [1.54, 1.807) is 12.1 Å². The third kappa shape index (κ3) is 5.36. The summed E-state index contributed by atoms with van der Waals surface area (Å²) in [5.41, 5.74) is 1.09. The summed E-state index contributed by atoms with van der Waals surface area (Å²) in [6, 6.07) is 6.94. The maximum Gasteiger partial charge on any atom is 0.269 e. The molecule has 0 aliphatic heterocycles. The predicted octanol–water partition coefficient (Wildman–Crippen LogP) is 2.80. The van der Waals surface area contributed by atoms with Crippen LogP contribution < -0.4 is 5.32 Å². The largest absolute Gasteiger partial charge is 0.396 e. The number of nitro groups is 1. The van der Waals surface area contributed by atoms with Crippen molar-refractivity contribution in [2.75, 3.05) is 13.2 Å². The summed E-state index contributed by atoms with van der Waals surface area (Å²) in [5.74, 6) is 0. The van der Waals surface area contributed by atoms with E-state index in [4.69, 9.17) is 5.11 Å². The number of hydrogen-bond donors (Lipinski definition) is 2. The molecule has 0 amide bonds. The van der Waals surface area contributed by atoms with Crippen molar-refractivity contribution in [3.63, 3.8) is 0 Å². The molecule has 0 saturated carbocycles. The Balaban J connectivity index is 2.54. The Morgan fingerprint density at radius 1 is 1.37 bits per heavy atom. The topological polar surface area (TPSA) is 75.4 Å². The number of nitrogens with zero attached hydrogens (tertiary/aromatic N) is 1. The first kappa shape index (κ1) is 15.6. The van der Waals surface area contributed by atoms with Crippen LogP contribution in [0.4, 0.5) is 5.69 Å². The molecule has 1 atom stereocenters. The molecule has 1 aromatic rings. The molecule has 0 heterocycles. The zero-order valence-corrected chi connectivity index (χ0v) is 11.3. The number of nitrogens with one attached hydrogen (secondary N) is 1. The summed E-state index contributed by atoms with van der Waals surface area (Å²) in [4.78, 5) is 10.4. The fourth-order valence-corrected chi connectivity index (χ4v) is 2.04. The van der Waals surface area contributed by atoms with Crippen LogP contribution >= 0.6 is 0 Å². The average Bonchev–Trinajstić information content (AvgIpc) is 2.43. The maximum absolute atomic E-state index is 10.8. The van der Waals surface area contributed by atoms with Crippen molar-refractivity contribution in [1.29, 1.82) is 0 Å². The number of aliphatic hydroxyl groups is 1. The minimum atomic E-state index is -0.364. The average molecular weight is 266 g/mol. The standard InChI is InChI=1S/C14H22N2O3/c1-2-14(15-9-4-3-5-10-17)12-7-6-8-13(11-12)16(18)19/h6-8,11,14-15,17H,2-5,9-10H2,1H3. The molecular formula is C14H22N2O3. The summed E-state index contributed by atoms with van der Waals surface area (Å²) in [6.45, 7) is 3.16. The Bertz CT molecular complexity index is 396. The van der Waals surface area contributed by atoms with E-state index >= 15 is 0 Å². The van der Waals surface area contributed by atoms with Gasteiger partial charge in [0.25, 0.3) is 5.69 Å². The van der Waals surface area contributed by atoms with Crippen LogP contribution in [-0.4, -0.2) is 23.2 Å². The highest BCUT2D eigenvalue weighted by molar-refractivity contribution is 5.35. The van der Waals surface area contributed by atoms with E-state index in [1.165, 1.54) is 6.07 Å². The first-order valence-corrected chi connectivity index (χ1v) is 6.77. The molecule has 19 heavy (non-hydrogen) atoms. The first-order chi connectivity index (χ1) is 9.19. The monoisotopic (exact) mass is 266 g/mol. The molecule has 0 bridgehead atoms. The van der Waals surface area contributed by atoms with Gasteiger partial charge in [-0.2, -0.15) is 0 Å². The molecule has 5 nitrogen and oxygen atoms in total. The van der Waals surface area contributed by atoms with Gasteiger partial charge in [0.15, 0.2) is 0 Å². The minimum absolute atomic E-state index is 0.137. The normalized spacial score (nSPS) is 12.3. The second-order valence-corrected chi connectivity index (χ2v) is 4.55. The van der Waals surface area contributed by atoms with Gasteiger partial charge in [0, 0.05) is 24.8 Å². The van der Waals surface area contributed by atoms with Gasteiger partial charge in [-0.15, -0.1) is 0 Å². The van der Waals surface area contributed by atoms with Crippen molar-refractivity contribution >= 4 is 5.69 Å². The molecule has 0 aliphatic rings. The van der Waals surface area contributed by atoms with E-state index in [1.807, 2.05) is 6.07 Å². The second kappa shape index (κ2) is 8.61. The zero-order valence-electron chi connectivity index (χ0n) is 11.3. The number of unbranched alkanes of at least 4 members (excludes halogenated alkanes) is 2. The molecule has 0 aliphatic carbocycles. The third-order valence-electron chi connectivity index (χ3n) is 3.12. The SMILES string of the molecule is CCC(NCCCCCO)c1cccc([N+](=O)[O-])c1. The van der Waals surface area contributed by atoms with Crippen LogP contribution in [0.25, 0.3) is 0 Å². The Morgan fingerprint density at radius 3 is 2.79 bits per heavy atom. The molecule has 106 valence electrons.